The molecule has 0 saturated carbocycles. The van der Waals surface area contributed by atoms with Crippen molar-refractivity contribution in [3.63, 3.8) is 0 Å². The van der Waals surface area contributed by atoms with Crippen molar-refractivity contribution in [2.75, 3.05) is 5.32 Å². The van der Waals surface area contributed by atoms with Gasteiger partial charge in [0, 0.05) is 11.3 Å². The summed E-state index contributed by atoms with van der Waals surface area (Å²) in [6.45, 7) is 5.96. The maximum Gasteiger partial charge on any atom is 0.266 e. The highest BCUT2D eigenvalue weighted by Gasteiger charge is 2.14. The van der Waals surface area contributed by atoms with Crippen molar-refractivity contribution in [2.45, 2.75) is 33.3 Å². The lowest BCUT2D eigenvalue weighted by molar-refractivity contribution is -0.112. The van der Waals surface area contributed by atoms with Crippen LogP contribution in [0.15, 0.2) is 66.2 Å². The molecule has 0 saturated heterocycles. The molecule has 146 valence electrons. The van der Waals surface area contributed by atoms with E-state index in [0.717, 1.165) is 22.8 Å². The van der Waals surface area contributed by atoms with E-state index in [-0.39, 0.29) is 11.7 Å². The fourth-order valence-electron chi connectivity index (χ4n) is 3.10. The molecule has 0 unspecified atom stereocenters. The summed E-state index contributed by atoms with van der Waals surface area (Å²) < 4.78 is 5.94. The summed E-state index contributed by atoms with van der Waals surface area (Å²) >= 11 is 0. The molecule has 0 bridgehead atoms. The molecule has 0 atom stereocenters. The summed E-state index contributed by atoms with van der Waals surface area (Å²) in [6.07, 6.45) is 2.51. The quantitative estimate of drug-likeness (QED) is 0.436. The zero-order valence-electron chi connectivity index (χ0n) is 16.9. The minimum absolute atomic E-state index is 0.0227. The molecule has 29 heavy (non-hydrogen) atoms. The summed E-state index contributed by atoms with van der Waals surface area (Å²) in [4.78, 5) is 12.7. The van der Waals surface area contributed by atoms with Crippen LogP contribution >= 0.6 is 0 Å². The molecule has 0 aliphatic carbocycles. The zero-order valence-corrected chi connectivity index (χ0v) is 16.9. The molecule has 3 rings (SSSR count). The third kappa shape index (κ3) is 4.83. The summed E-state index contributed by atoms with van der Waals surface area (Å²) in [5, 5.41) is 14.4. The lowest BCUT2D eigenvalue weighted by atomic mass is 10.0. The highest BCUT2D eigenvalue weighted by molar-refractivity contribution is 6.11. The number of aryl methyl sites for hydroxylation is 1. The number of anilines is 1. The van der Waals surface area contributed by atoms with E-state index in [1.54, 1.807) is 6.08 Å². The van der Waals surface area contributed by atoms with Crippen LogP contribution in [0.4, 0.5) is 5.69 Å². The Bertz CT molecular complexity index is 1090. The summed E-state index contributed by atoms with van der Waals surface area (Å²) in [6, 6.07) is 21.3. The van der Waals surface area contributed by atoms with E-state index in [2.05, 4.69) is 12.2 Å². The molecule has 1 amide bonds. The molecule has 0 spiro atoms. The Morgan fingerprint density at radius 2 is 1.83 bits per heavy atom. The predicted octanol–water partition coefficient (Wildman–Crippen LogP) is 5.74. The van der Waals surface area contributed by atoms with Gasteiger partial charge in [0.1, 0.15) is 17.4 Å². The monoisotopic (exact) mass is 384 g/mol. The van der Waals surface area contributed by atoms with Crippen molar-refractivity contribution in [2.24, 2.45) is 0 Å². The van der Waals surface area contributed by atoms with Gasteiger partial charge in [0.25, 0.3) is 5.91 Å². The summed E-state index contributed by atoms with van der Waals surface area (Å²) in [5.41, 5.74) is 2.59. The van der Waals surface area contributed by atoms with Crippen LogP contribution in [-0.4, -0.2) is 12.0 Å². The topological polar surface area (TPSA) is 62.1 Å². The third-order valence-corrected chi connectivity index (χ3v) is 4.57. The fourth-order valence-corrected chi connectivity index (χ4v) is 3.10. The number of benzene rings is 3. The Kier molecular flexibility index (Phi) is 6.31. The molecule has 1 N–H and O–H groups in total. The van der Waals surface area contributed by atoms with Crippen LogP contribution in [0.1, 0.15) is 31.9 Å². The standard InChI is InChI=1S/C25H24N2O2/c1-4-18-9-12-21(13-10-18)27-25(28)20(16-26)15-23-22-8-6-5-7-19(22)11-14-24(23)29-17(2)3/h5-15,17H,4H2,1-3H3,(H,27,28)/b20-15+. The SMILES string of the molecule is CCc1ccc(NC(=O)/C(C#N)=C/c2c(OC(C)C)ccc3ccccc23)cc1. The molecule has 4 nitrogen and oxygen atoms in total. The first-order valence-electron chi connectivity index (χ1n) is 9.72. The van der Waals surface area contributed by atoms with Gasteiger partial charge in [-0.15, -0.1) is 0 Å². The Labute approximate surface area is 171 Å². The number of nitrogens with zero attached hydrogens (tertiary/aromatic N) is 1. The largest absolute Gasteiger partial charge is 0.490 e. The average Bonchev–Trinajstić information content (AvgIpc) is 2.73. The van der Waals surface area contributed by atoms with Crippen molar-refractivity contribution in [3.05, 3.63) is 77.4 Å². The molecule has 0 aliphatic heterocycles. The molecule has 3 aromatic rings. The van der Waals surface area contributed by atoms with E-state index in [0.29, 0.717) is 11.4 Å². The van der Waals surface area contributed by atoms with Crippen LogP contribution in [-0.2, 0) is 11.2 Å². The molecular weight excluding hydrogens is 360 g/mol. The highest BCUT2D eigenvalue weighted by atomic mass is 16.5. The van der Waals surface area contributed by atoms with Crippen molar-refractivity contribution in [1.29, 1.82) is 5.26 Å². The molecule has 4 heteroatoms. The molecule has 0 heterocycles. The molecule has 3 aromatic carbocycles. The van der Waals surface area contributed by atoms with Gasteiger partial charge in [0.15, 0.2) is 0 Å². The average molecular weight is 384 g/mol. The van der Waals surface area contributed by atoms with Gasteiger partial charge in [-0.05, 0) is 60.9 Å². The second kappa shape index (κ2) is 9.07. The van der Waals surface area contributed by atoms with Gasteiger partial charge in [-0.25, -0.2) is 0 Å². The molecule has 0 fully saturated rings. The predicted molar refractivity (Wildman–Crippen MR) is 118 cm³/mol. The number of hydrogen-bond acceptors (Lipinski definition) is 3. The number of hydrogen-bond donors (Lipinski definition) is 1. The van der Waals surface area contributed by atoms with Crippen molar-refractivity contribution in [3.8, 4) is 11.8 Å². The van der Waals surface area contributed by atoms with E-state index in [4.69, 9.17) is 4.74 Å². The maximum absolute atomic E-state index is 12.7. The summed E-state index contributed by atoms with van der Waals surface area (Å²) in [7, 11) is 0. The fraction of sp³-hybridized carbons (Fsp3) is 0.200. The van der Waals surface area contributed by atoms with Gasteiger partial charge in [-0.2, -0.15) is 5.26 Å². The Balaban J connectivity index is 2.00. The molecule has 0 radical (unpaired) electrons. The second-order valence-corrected chi connectivity index (χ2v) is 7.04. The number of nitrogens with one attached hydrogen (secondary N) is 1. The molecule has 0 aromatic heterocycles. The van der Waals surface area contributed by atoms with E-state index in [1.165, 1.54) is 5.56 Å². The lowest BCUT2D eigenvalue weighted by Gasteiger charge is -2.15. The Hall–Kier alpha value is -3.58. The van der Waals surface area contributed by atoms with Crippen molar-refractivity contribution in [1.82, 2.24) is 0 Å². The smallest absolute Gasteiger partial charge is 0.266 e. The lowest BCUT2D eigenvalue weighted by Crippen LogP contribution is -2.13. The summed E-state index contributed by atoms with van der Waals surface area (Å²) in [5.74, 6) is 0.201. The van der Waals surface area contributed by atoms with Gasteiger partial charge >= 0.3 is 0 Å². The van der Waals surface area contributed by atoms with Crippen LogP contribution in [0.3, 0.4) is 0 Å². The van der Waals surface area contributed by atoms with E-state index >= 15 is 0 Å². The normalized spacial score (nSPS) is 11.3. The van der Waals surface area contributed by atoms with Gasteiger partial charge in [-0.1, -0.05) is 49.4 Å². The van der Waals surface area contributed by atoms with Crippen LogP contribution in [0.25, 0.3) is 16.8 Å². The minimum atomic E-state index is -0.444. The Morgan fingerprint density at radius 1 is 1.10 bits per heavy atom. The van der Waals surface area contributed by atoms with Gasteiger partial charge in [0.2, 0.25) is 0 Å². The van der Waals surface area contributed by atoms with Crippen LogP contribution < -0.4 is 10.1 Å². The van der Waals surface area contributed by atoms with Crippen molar-refractivity contribution < 1.29 is 9.53 Å². The second-order valence-electron chi connectivity index (χ2n) is 7.04. The van der Waals surface area contributed by atoms with E-state index in [1.807, 2.05) is 80.6 Å². The number of fused-ring (bicyclic) bond motifs is 1. The van der Waals surface area contributed by atoms with Gasteiger partial charge < -0.3 is 10.1 Å². The van der Waals surface area contributed by atoms with E-state index in [9.17, 15) is 10.1 Å². The number of rotatable bonds is 6. The first-order chi connectivity index (χ1) is 14.0. The maximum atomic E-state index is 12.7. The molecule has 0 aliphatic rings. The van der Waals surface area contributed by atoms with Gasteiger partial charge in [0.05, 0.1) is 6.10 Å². The van der Waals surface area contributed by atoms with Gasteiger partial charge in [-0.3, -0.25) is 4.79 Å². The number of ether oxygens (including phenoxy) is 1. The van der Waals surface area contributed by atoms with E-state index < -0.39 is 5.91 Å². The number of amides is 1. The highest BCUT2D eigenvalue weighted by Crippen LogP contribution is 2.31. The van der Waals surface area contributed by atoms with Crippen LogP contribution in [0.2, 0.25) is 0 Å². The van der Waals surface area contributed by atoms with Crippen LogP contribution in [0, 0.1) is 11.3 Å². The first kappa shape index (κ1) is 20.2. The van der Waals surface area contributed by atoms with Crippen molar-refractivity contribution >= 4 is 28.4 Å². The number of carbonyl (C=O) groups excluding carboxylic acids is 1. The molecular formula is C25H24N2O2. The zero-order chi connectivity index (χ0) is 20.8. The number of carbonyl (C=O) groups is 1. The first-order valence-corrected chi connectivity index (χ1v) is 9.72. The number of nitriles is 1. The van der Waals surface area contributed by atoms with Crippen LogP contribution in [0.5, 0.6) is 5.75 Å². The third-order valence-electron chi connectivity index (χ3n) is 4.57. The Morgan fingerprint density at radius 3 is 2.48 bits per heavy atom. The minimum Gasteiger partial charge on any atom is -0.490 e.